The zero-order valence-electron chi connectivity index (χ0n) is 8.68. The van der Waals surface area contributed by atoms with Crippen LogP contribution in [0.15, 0.2) is 42.5 Å². The molecule has 1 aliphatic rings. The molecule has 3 nitrogen and oxygen atoms in total. The van der Waals surface area contributed by atoms with Gasteiger partial charge in [-0.15, -0.1) is 0 Å². The number of hydrogen-bond donors (Lipinski definition) is 0. The average Bonchev–Trinajstić information content (AvgIpc) is 2.68. The first-order valence-electron chi connectivity index (χ1n) is 4.92. The molecule has 3 heteroatoms. The minimum absolute atomic E-state index is 0.265. The lowest BCUT2D eigenvalue weighted by Crippen LogP contribution is -2.22. The van der Waals surface area contributed by atoms with E-state index in [0.717, 1.165) is 5.56 Å². The number of benzene rings is 1. The first kappa shape index (κ1) is 10.4. The van der Waals surface area contributed by atoms with E-state index in [9.17, 15) is 10.5 Å². The summed E-state index contributed by atoms with van der Waals surface area (Å²) >= 11 is 0. The van der Waals surface area contributed by atoms with Gasteiger partial charge in [-0.2, -0.15) is 10.5 Å². The molecule has 0 N–H and O–H groups in total. The monoisotopic (exact) mass is 210 g/mol. The van der Waals surface area contributed by atoms with Crippen molar-refractivity contribution in [1.82, 2.24) is 0 Å². The highest BCUT2D eigenvalue weighted by atomic mass is 16.5. The van der Waals surface area contributed by atoms with Crippen molar-refractivity contribution < 1.29 is 4.74 Å². The third-order valence-corrected chi connectivity index (χ3v) is 2.83. The summed E-state index contributed by atoms with van der Waals surface area (Å²) in [5, 5.41) is 18.4. The molecule has 1 aromatic rings. The Hall–Kier alpha value is -2.10. The third-order valence-electron chi connectivity index (χ3n) is 2.83. The van der Waals surface area contributed by atoms with Crippen molar-refractivity contribution in [3.8, 4) is 12.1 Å². The van der Waals surface area contributed by atoms with Crippen molar-refractivity contribution in [2.75, 3.05) is 6.61 Å². The Labute approximate surface area is 94.2 Å². The number of nitriles is 2. The highest BCUT2D eigenvalue weighted by Crippen LogP contribution is 2.46. The molecule has 78 valence electrons. The van der Waals surface area contributed by atoms with E-state index in [-0.39, 0.29) is 6.61 Å². The van der Waals surface area contributed by atoms with Gasteiger partial charge < -0.3 is 4.74 Å². The number of ether oxygens (including phenoxy) is 1. The molecule has 2 rings (SSSR count). The Kier molecular flexibility index (Phi) is 2.48. The Morgan fingerprint density at radius 3 is 2.44 bits per heavy atom. The molecule has 0 amide bonds. The number of nitrogens with zero attached hydrogens (tertiary/aromatic N) is 2. The lowest BCUT2D eigenvalue weighted by Gasteiger charge is -2.20. The van der Waals surface area contributed by atoms with Gasteiger partial charge >= 0.3 is 0 Å². The molecule has 0 aromatic heterocycles. The van der Waals surface area contributed by atoms with Gasteiger partial charge in [-0.05, 0) is 11.1 Å². The maximum atomic E-state index is 9.21. The van der Waals surface area contributed by atoms with Crippen LogP contribution in [-0.4, -0.2) is 6.61 Å². The van der Waals surface area contributed by atoms with Crippen LogP contribution in [0.4, 0.5) is 0 Å². The van der Waals surface area contributed by atoms with E-state index < -0.39 is 11.5 Å². The van der Waals surface area contributed by atoms with Crippen molar-refractivity contribution in [2.24, 2.45) is 5.41 Å². The minimum Gasteiger partial charge on any atom is -0.366 e. The van der Waals surface area contributed by atoms with Gasteiger partial charge in [0.05, 0.1) is 18.7 Å². The van der Waals surface area contributed by atoms with Crippen LogP contribution in [0.5, 0.6) is 0 Å². The van der Waals surface area contributed by atoms with Crippen LogP contribution < -0.4 is 0 Å². The van der Waals surface area contributed by atoms with Gasteiger partial charge in [0.1, 0.15) is 6.10 Å². The Morgan fingerprint density at radius 1 is 1.25 bits per heavy atom. The van der Waals surface area contributed by atoms with Crippen LogP contribution in [0.1, 0.15) is 11.7 Å². The maximum absolute atomic E-state index is 9.21. The summed E-state index contributed by atoms with van der Waals surface area (Å²) in [6.07, 6.45) is -0.531. The van der Waals surface area contributed by atoms with Crippen LogP contribution in [0, 0.1) is 28.1 Å². The summed E-state index contributed by atoms with van der Waals surface area (Å²) in [5.74, 6) is 0. The van der Waals surface area contributed by atoms with Crippen molar-refractivity contribution in [3.63, 3.8) is 0 Å². The molecule has 0 radical (unpaired) electrons. The fraction of sp³-hybridized carbons (Fsp3) is 0.231. The minimum atomic E-state index is -1.25. The fourth-order valence-electron chi connectivity index (χ4n) is 1.88. The normalized spacial score (nSPS) is 22.4. The molecule has 0 aliphatic carbocycles. The van der Waals surface area contributed by atoms with Gasteiger partial charge in [-0.3, -0.25) is 0 Å². The van der Waals surface area contributed by atoms with Gasteiger partial charge in [-0.1, -0.05) is 36.9 Å². The van der Waals surface area contributed by atoms with E-state index in [1.807, 2.05) is 42.5 Å². The van der Waals surface area contributed by atoms with Crippen LogP contribution in [0.3, 0.4) is 0 Å². The summed E-state index contributed by atoms with van der Waals surface area (Å²) in [5.41, 5.74) is 0.122. The summed E-state index contributed by atoms with van der Waals surface area (Å²) in [6, 6.07) is 13.4. The van der Waals surface area contributed by atoms with E-state index in [1.54, 1.807) is 0 Å². The summed E-state index contributed by atoms with van der Waals surface area (Å²) in [4.78, 5) is 0. The summed E-state index contributed by atoms with van der Waals surface area (Å²) < 4.78 is 5.50. The molecule has 0 bridgehead atoms. The highest BCUT2D eigenvalue weighted by Gasteiger charge is 2.49. The van der Waals surface area contributed by atoms with Gasteiger partial charge in [-0.25, -0.2) is 0 Å². The van der Waals surface area contributed by atoms with Gasteiger partial charge in [0, 0.05) is 0 Å². The van der Waals surface area contributed by atoms with Crippen molar-refractivity contribution in [2.45, 2.75) is 6.10 Å². The summed E-state index contributed by atoms with van der Waals surface area (Å²) in [6.45, 7) is 4.02. The Morgan fingerprint density at radius 2 is 1.88 bits per heavy atom. The average molecular weight is 210 g/mol. The van der Waals surface area contributed by atoms with Gasteiger partial charge in [0.15, 0.2) is 5.41 Å². The van der Waals surface area contributed by atoms with Crippen molar-refractivity contribution >= 4 is 0 Å². The lowest BCUT2D eigenvalue weighted by molar-refractivity contribution is 0.0866. The van der Waals surface area contributed by atoms with Gasteiger partial charge in [0.2, 0.25) is 0 Å². The molecule has 0 spiro atoms. The van der Waals surface area contributed by atoms with E-state index in [1.165, 1.54) is 0 Å². The van der Waals surface area contributed by atoms with E-state index in [2.05, 4.69) is 6.58 Å². The topological polar surface area (TPSA) is 56.8 Å². The fourth-order valence-corrected chi connectivity index (χ4v) is 1.88. The number of rotatable bonds is 1. The second-order valence-corrected chi connectivity index (χ2v) is 3.74. The standard InChI is InChI=1S/C13H10N2O/c1-10-7-16-12(13(10,8-14)9-15)11-5-3-2-4-6-11/h2-6,12H,1,7H2/t12-/m0/s1. The molecule has 0 unspecified atom stereocenters. The molecular formula is C13H10N2O. The van der Waals surface area contributed by atoms with Gasteiger partial charge in [0.25, 0.3) is 0 Å². The smallest absolute Gasteiger partial charge is 0.196 e. The van der Waals surface area contributed by atoms with Crippen LogP contribution in [-0.2, 0) is 4.74 Å². The van der Waals surface area contributed by atoms with E-state index in [0.29, 0.717) is 5.57 Å². The quantitative estimate of drug-likeness (QED) is 0.668. The predicted molar refractivity (Wildman–Crippen MR) is 57.9 cm³/mol. The summed E-state index contributed by atoms with van der Waals surface area (Å²) in [7, 11) is 0. The van der Waals surface area contributed by atoms with Crippen LogP contribution in [0.25, 0.3) is 0 Å². The number of hydrogen-bond acceptors (Lipinski definition) is 3. The molecule has 1 aromatic carbocycles. The largest absolute Gasteiger partial charge is 0.366 e. The lowest BCUT2D eigenvalue weighted by atomic mass is 9.78. The first-order chi connectivity index (χ1) is 7.74. The SMILES string of the molecule is C=C1CO[C@@H](c2ccccc2)C1(C#N)C#N. The zero-order valence-corrected chi connectivity index (χ0v) is 8.68. The molecule has 1 saturated heterocycles. The van der Waals surface area contributed by atoms with Crippen LogP contribution >= 0.6 is 0 Å². The molecule has 1 atom stereocenters. The molecule has 1 aliphatic heterocycles. The van der Waals surface area contributed by atoms with E-state index >= 15 is 0 Å². The predicted octanol–water partition coefficient (Wildman–Crippen LogP) is 2.35. The molecule has 0 saturated carbocycles. The molecular weight excluding hydrogens is 200 g/mol. The second-order valence-electron chi connectivity index (χ2n) is 3.74. The molecule has 16 heavy (non-hydrogen) atoms. The Balaban J connectivity index is 2.49. The second kappa shape index (κ2) is 3.81. The van der Waals surface area contributed by atoms with Crippen molar-refractivity contribution in [1.29, 1.82) is 10.5 Å². The highest BCUT2D eigenvalue weighted by molar-refractivity contribution is 5.41. The maximum Gasteiger partial charge on any atom is 0.196 e. The zero-order chi connectivity index (χ0) is 11.6. The first-order valence-corrected chi connectivity index (χ1v) is 4.92. The third kappa shape index (κ3) is 1.31. The van der Waals surface area contributed by atoms with E-state index in [4.69, 9.17) is 4.74 Å². The molecule has 1 heterocycles. The molecule has 1 fully saturated rings. The van der Waals surface area contributed by atoms with Crippen LogP contribution in [0.2, 0.25) is 0 Å². The Bertz CT molecular complexity index is 479. The van der Waals surface area contributed by atoms with Crippen molar-refractivity contribution in [3.05, 3.63) is 48.0 Å².